The maximum atomic E-state index is 12.2. The fraction of sp³-hybridized carbons (Fsp3) is 0.353. The largest absolute Gasteiger partial charge is 0.476 e. The van der Waals surface area contributed by atoms with Crippen molar-refractivity contribution in [2.75, 3.05) is 0 Å². The molecule has 0 radical (unpaired) electrons. The second-order valence-corrected chi connectivity index (χ2v) is 6.22. The Bertz CT molecular complexity index is 747. The lowest BCUT2D eigenvalue weighted by molar-refractivity contribution is -0.134. The summed E-state index contributed by atoms with van der Waals surface area (Å²) in [5, 5.41) is 15.9. The first-order chi connectivity index (χ1) is 11.0. The number of carboxylic acids is 1. The number of rotatable bonds is 5. The second-order valence-electron chi connectivity index (χ2n) is 6.22. The zero-order valence-electron chi connectivity index (χ0n) is 13.0. The molecule has 1 aliphatic carbocycles. The van der Waals surface area contributed by atoms with E-state index in [0.29, 0.717) is 6.54 Å². The van der Waals surface area contributed by atoms with Crippen molar-refractivity contribution < 1.29 is 14.7 Å². The third-order valence-electron chi connectivity index (χ3n) is 4.44. The van der Waals surface area contributed by atoms with Crippen LogP contribution in [0, 0.1) is 5.41 Å². The Morgan fingerprint density at radius 3 is 2.74 bits per heavy atom. The summed E-state index contributed by atoms with van der Waals surface area (Å²) in [6.07, 6.45) is 4.62. The molecule has 1 amide bonds. The van der Waals surface area contributed by atoms with Gasteiger partial charge in [-0.3, -0.25) is 4.79 Å². The Balaban J connectivity index is 1.69. The Morgan fingerprint density at radius 1 is 1.35 bits per heavy atom. The first kappa shape index (κ1) is 15.3. The molecule has 1 fully saturated rings. The molecule has 0 spiro atoms. The quantitative estimate of drug-likeness (QED) is 0.887. The van der Waals surface area contributed by atoms with Gasteiger partial charge in [-0.2, -0.15) is 5.10 Å². The fourth-order valence-electron chi connectivity index (χ4n) is 2.72. The van der Waals surface area contributed by atoms with E-state index in [1.54, 1.807) is 6.20 Å². The Morgan fingerprint density at radius 2 is 2.13 bits per heavy atom. The van der Waals surface area contributed by atoms with Crippen LogP contribution >= 0.6 is 0 Å². The molecule has 2 N–H and O–H groups in total. The third kappa shape index (κ3) is 3.11. The normalized spacial score (nSPS) is 15.7. The summed E-state index contributed by atoms with van der Waals surface area (Å²) in [5.74, 6) is -0.956. The first-order valence-electron chi connectivity index (χ1n) is 7.64. The summed E-state index contributed by atoms with van der Waals surface area (Å²) in [5.41, 5.74) is 1.50. The zero-order valence-corrected chi connectivity index (χ0v) is 13.0. The number of benzene rings is 1. The number of carboxylic acid groups (broad SMARTS) is 1. The number of nitrogens with one attached hydrogen (secondary N) is 1. The molecule has 6 heteroatoms. The highest BCUT2D eigenvalue weighted by molar-refractivity contribution is 5.85. The van der Waals surface area contributed by atoms with Crippen LogP contribution in [0.15, 0.2) is 36.5 Å². The van der Waals surface area contributed by atoms with E-state index >= 15 is 0 Å². The molecule has 120 valence electrons. The number of hydrogen-bond acceptors (Lipinski definition) is 3. The van der Waals surface area contributed by atoms with Crippen LogP contribution in [0.5, 0.6) is 0 Å². The van der Waals surface area contributed by atoms with E-state index in [2.05, 4.69) is 10.4 Å². The van der Waals surface area contributed by atoms with Gasteiger partial charge >= 0.3 is 5.97 Å². The number of nitrogens with zero attached hydrogens (tertiary/aromatic N) is 2. The molecule has 1 aromatic carbocycles. The van der Waals surface area contributed by atoms with Crippen molar-refractivity contribution in [3.63, 3.8) is 0 Å². The maximum absolute atomic E-state index is 12.2. The Labute approximate surface area is 134 Å². The summed E-state index contributed by atoms with van der Waals surface area (Å²) in [7, 11) is 0. The van der Waals surface area contributed by atoms with E-state index in [1.165, 1.54) is 10.7 Å². The molecule has 23 heavy (non-hydrogen) atoms. The molecule has 0 aliphatic heterocycles. The molecule has 0 atom stereocenters. The Hall–Kier alpha value is -2.63. The van der Waals surface area contributed by atoms with Gasteiger partial charge in [0.2, 0.25) is 5.91 Å². The SMILES string of the molecule is CC1(C(=O)NCc2cccc(-n3ccc(C(=O)O)n3)c2)CCC1. The van der Waals surface area contributed by atoms with Crippen molar-refractivity contribution in [3.8, 4) is 5.69 Å². The molecular formula is C17H19N3O3. The molecule has 3 rings (SSSR count). The number of hydrogen-bond donors (Lipinski definition) is 2. The van der Waals surface area contributed by atoms with Gasteiger partial charge in [-0.15, -0.1) is 0 Å². The van der Waals surface area contributed by atoms with E-state index < -0.39 is 5.97 Å². The van der Waals surface area contributed by atoms with Crippen molar-refractivity contribution in [2.45, 2.75) is 32.7 Å². The van der Waals surface area contributed by atoms with Crippen LogP contribution in [0.25, 0.3) is 5.69 Å². The van der Waals surface area contributed by atoms with Gasteiger partial charge in [0.25, 0.3) is 0 Å². The highest BCUT2D eigenvalue weighted by Gasteiger charge is 2.38. The summed E-state index contributed by atoms with van der Waals surface area (Å²) in [6.45, 7) is 2.45. The van der Waals surface area contributed by atoms with Crippen LogP contribution in [-0.2, 0) is 11.3 Å². The molecule has 6 nitrogen and oxygen atoms in total. The van der Waals surface area contributed by atoms with Crippen molar-refractivity contribution in [2.24, 2.45) is 5.41 Å². The van der Waals surface area contributed by atoms with E-state index in [0.717, 1.165) is 30.5 Å². The number of amides is 1. The molecule has 0 bridgehead atoms. The standard InChI is InChI=1S/C17H19N3O3/c1-17(7-3-8-17)16(23)18-11-12-4-2-5-13(10-12)20-9-6-14(19-20)15(21)22/h2,4-6,9-10H,3,7-8,11H2,1H3,(H,18,23)(H,21,22). The van der Waals surface area contributed by atoms with Gasteiger partial charge in [-0.05, 0) is 36.6 Å². The van der Waals surface area contributed by atoms with E-state index in [9.17, 15) is 9.59 Å². The summed E-state index contributed by atoms with van der Waals surface area (Å²) in [4.78, 5) is 23.1. The van der Waals surface area contributed by atoms with Gasteiger partial charge in [0.05, 0.1) is 5.69 Å². The highest BCUT2D eigenvalue weighted by atomic mass is 16.4. The van der Waals surface area contributed by atoms with Crippen LogP contribution in [0.3, 0.4) is 0 Å². The zero-order chi connectivity index (χ0) is 16.4. The molecular weight excluding hydrogens is 294 g/mol. The van der Waals surface area contributed by atoms with E-state index in [1.807, 2.05) is 31.2 Å². The minimum Gasteiger partial charge on any atom is -0.476 e. The molecule has 0 saturated heterocycles. The number of carbonyl (C=O) groups excluding carboxylic acids is 1. The average Bonchev–Trinajstić information content (AvgIpc) is 3.01. The van der Waals surface area contributed by atoms with Crippen LogP contribution in [0.4, 0.5) is 0 Å². The van der Waals surface area contributed by atoms with Crippen molar-refractivity contribution in [1.82, 2.24) is 15.1 Å². The van der Waals surface area contributed by atoms with Crippen LogP contribution < -0.4 is 5.32 Å². The van der Waals surface area contributed by atoms with E-state index in [4.69, 9.17) is 5.11 Å². The van der Waals surface area contributed by atoms with E-state index in [-0.39, 0.29) is 17.0 Å². The van der Waals surface area contributed by atoms with Gasteiger partial charge in [-0.1, -0.05) is 25.5 Å². The van der Waals surface area contributed by atoms with Crippen molar-refractivity contribution in [1.29, 1.82) is 0 Å². The summed E-state index contributed by atoms with van der Waals surface area (Å²) < 4.78 is 1.52. The van der Waals surface area contributed by atoms with Gasteiger partial charge in [0.1, 0.15) is 0 Å². The number of carbonyl (C=O) groups is 2. The summed E-state index contributed by atoms with van der Waals surface area (Å²) in [6, 6.07) is 8.98. The van der Waals surface area contributed by atoms with Gasteiger partial charge in [0.15, 0.2) is 5.69 Å². The lowest BCUT2D eigenvalue weighted by Gasteiger charge is -2.36. The number of aromatic carboxylic acids is 1. The summed E-state index contributed by atoms with van der Waals surface area (Å²) >= 11 is 0. The Kier molecular flexibility index (Phi) is 3.90. The molecule has 1 aromatic heterocycles. The lowest BCUT2D eigenvalue weighted by atomic mass is 9.70. The highest BCUT2D eigenvalue weighted by Crippen LogP contribution is 2.40. The minimum absolute atomic E-state index is 0.00149. The van der Waals surface area contributed by atoms with Gasteiger partial charge < -0.3 is 10.4 Å². The fourth-order valence-corrected chi connectivity index (χ4v) is 2.72. The average molecular weight is 313 g/mol. The predicted octanol–water partition coefficient (Wildman–Crippen LogP) is 2.38. The maximum Gasteiger partial charge on any atom is 0.356 e. The van der Waals surface area contributed by atoms with Crippen LogP contribution in [0.1, 0.15) is 42.2 Å². The first-order valence-corrected chi connectivity index (χ1v) is 7.64. The topological polar surface area (TPSA) is 84.2 Å². The monoisotopic (exact) mass is 313 g/mol. The predicted molar refractivity (Wildman–Crippen MR) is 84.3 cm³/mol. The molecule has 2 aromatic rings. The molecule has 1 saturated carbocycles. The van der Waals surface area contributed by atoms with Crippen molar-refractivity contribution >= 4 is 11.9 Å². The molecule has 0 unspecified atom stereocenters. The van der Waals surface area contributed by atoms with Crippen LogP contribution in [-0.4, -0.2) is 26.8 Å². The minimum atomic E-state index is -1.05. The van der Waals surface area contributed by atoms with Gasteiger partial charge in [0, 0.05) is 18.2 Å². The number of aromatic nitrogens is 2. The van der Waals surface area contributed by atoms with Gasteiger partial charge in [-0.25, -0.2) is 9.48 Å². The lowest BCUT2D eigenvalue weighted by Crippen LogP contribution is -2.43. The molecule has 1 aliphatic rings. The molecule has 1 heterocycles. The van der Waals surface area contributed by atoms with Crippen LogP contribution in [0.2, 0.25) is 0 Å². The van der Waals surface area contributed by atoms with Crippen molar-refractivity contribution in [3.05, 3.63) is 47.8 Å². The third-order valence-corrected chi connectivity index (χ3v) is 4.44. The smallest absolute Gasteiger partial charge is 0.356 e. The second kappa shape index (κ2) is 5.87.